The summed E-state index contributed by atoms with van der Waals surface area (Å²) in [7, 11) is 1.52. The van der Waals surface area contributed by atoms with E-state index in [1.807, 2.05) is 41.8 Å². The van der Waals surface area contributed by atoms with Crippen LogP contribution in [0.2, 0.25) is 5.02 Å². The van der Waals surface area contributed by atoms with Crippen molar-refractivity contribution in [3.8, 4) is 22.8 Å². The van der Waals surface area contributed by atoms with Crippen molar-refractivity contribution in [3.05, 3.63) is 87.7 Å². The number of ether oxygens (including phenoxy) is 1. The summed E-state index contributed by atoms with van der Waals surface area (Å²) in [6.07, 6.45) is 1.57. The molecule has 5 rings (SSSR count). The van der Waals surface area contributed by atoms with Crippen molar-refractivity contribution in [1.29, 1.82) is 0 Å². The molecule has 0 radical (unpaired) electrons. The van der Waals surface area contributed by atoms with Gasteiger partial charge in [-0.05, 0) is 42.5 Å². The molecule has 3 heterocycles. The fourth-order valence-corrected chi connectivity index (χ4v) is 5.53. The molecule has 7 nitrogen and oxygen atoms in total. The second kappa shape index (κ2) is 9.99. The molecule has 0 atom stereocenters. The van der Waals surface area contributed by atoms with Crippen LogP contribution in [0.25, 0.3) is 27.2 Å². The van der Waals surface area contributed by atoms with E-state index >= 15 is 0 Å². The second-order valence-electron chi connectivity index (χ2n) is 7.36. The molecule has 0 fully saturated rings. The first-order chi connectivity index (χ1) is 17.0. The number of thiophene rings is 1. The van der Waals surface area contributed by atoms with E-state index in [9.17, 15) is 9.59 Å². The average Bonchev–Trinajstić information content (AvgIpc) is 3.54. The Morgan fingerprint density at radius 1 is 1.20 bits per heavy atom. The SMILES string of the molecule is COc1ccc(Cl)cc1NC(=O)CSc1nc2scc(-c3ccco3)c2c(=O)n1-c1ccccc1. The van der Waals surface area contributed by atoms with Crippen molar-refractivity contribution in [2.75, 3.05) is 18.2 Å². The molecule has 2 aromatic carbocycles. The fraction of sp³-hybridized carbons (Fsp3) is 0.0800. The van der Waals surface area contributed by atoms with E-state index in [0.29, 0.717) is 48.8 Å². The summed E-state index contributed by atoms with van der Waals surface area (Å²) < 4.78 is 12.4. The van der Waals surface area contributed by atoms with E-state index in [1.54, 1.807) is 30.5 Å². The number of rotatable bonds is 7. The van der Waals surface area contributed by atoms with Gasteiger partial charge < -0.3 is 14.5 Å². The summed E-state index contributed by atoms with van der Waals surface area (Å²) in [6.45, 7) is 0. The Morgan fingerprint density at radius 2 is 2.03 bits per heavy atom. The molecule has 0 aliphatic rings. The van der Waals surface area contributed by atoms with Gasteiger partial charge in [0.2, 0.25) is 5.91 Å². The first kappa shape index (κ1) is 23.2. The maximum absolute atomic E-state index is 13.7. The molecule has 0 unspecified atom stereocenters. The third kappa shape index (κ3) is 4.70. The van der Waals surface area contributed by atoms with Crippen LogP contribution >= 0.6 is 34.7 Å². The van der Waals surface area contributed by atoms with Crippen LogP contribution in [0.1, 0.15) is 0 Å². The van der Waals surface area contributed by atoms with Crippen LogP contribution in [0.4, 0.5) is 5.69 Å². The second-order valence-corrected chi connectivity index (χ2v) is 9.60. The number of aromatic nitrogens is 2. The zero-order valence-corrected chi connectivity index (χ0v) is 20.7. The molecule has 0 spiro atoms. The fourth-order valence-electron chi connectivity index (χ4n) is 3.58. The van der Waals surface area contributed by atoms with Crippen molar-refractivity contribution >= 4 is 56.5 Å². The number of thioether (sulfide) groups is 1. The lowest BCUT2D eigenvalue weighted by atomic mass is 10.2. The third-order valence-electron chi connectivity index (χ3n) is 5.15. The van der Waals surface area contributed by atoms with E-state index in [2.05, 4.69) is 5.32 Å². The molecule has 3 aromatic heterocycles. The number of benzene rings is 2. The molecule has 0 aliphatic heterocycles. The van der Waals surface area contributed by atoms with Crippen LogP contribution in [-0.4, -0.2) is 28.3 Å². The Labute approximate surface area is 213 Å². The lowest BCUT2D eigenvalue weighted by molar-refractivity contribution is -0.113. The smallest absolute Gasteiger partial charge is 0.268 e. The number of hydrogen-bond acceptors (Lipinski definition) is 7. The number of fused-ring (bicyclic) bond motifs is 1. The van der Waals surface area contributed by atoms with Gasteiger partial charge in [0.1, 0.15) is 16.3 Å². The van der Waals surface area contributed by atoms with Gasteiger partial charge in [0.15, 0.2) is 5.16 Å². The number of furan rings is 1. The van der Waals surface area contributed by atoms with Crippen LogP contribution < -0.4 is 15.6 Å². The zero-order chi connectivity index (χ0) is 24.4. The van der Waals surface area contributed by atoms with Gasteiger partial charge in [-0.3, -0.25) is 14.2 Å². The number of methoxy groups -OCH3 is 1. The van der Waals surface area contributed by atoms with Crippen LogP contribution in [0.15, 0.2) is 86.7 Å². The number of carbonyl (C=O) groups is 1. The summed E-state index contributed by atoms with van der Waals surface area (Å²) in [6, 6.07) is 17.8. The van der Waals surface area contributed by atoms with Gasteiger partial charge in [0, 0.05) is 16.0 Å². The molecule has 1 N–H and O–H groups in total. The lowest BCUT2D eigenvalue weighted by Crippen LogP contribution is -2.22. The lowest BCUT2D eigenvalue weighted by Gasteiger charge is -2.13. The normalized spacial score (nSPS) is 11.0. The van der Waals surface area contributed by atoms with Gasteiger partial charge >= 0.3 is 0 Å². The summed E-state index contributed by atoms with van der Waals surface area (Å²) >= 11 is 8.60. The quantitative estimate of drug-likeness (QED) is 0.205. The molecule has 5 aromatic rings. The minimum Gasteiger partial charge on any atom is -0.495 e. The summed E-state index contributed by atoms with van der Waals surface area (Å²) in [5.74, 6) is 0.839. The molecular weight excluding hydrogens is 506 g/mol. The number of carbonyl (C=O) groups excluding carboxylic acids is 1. The van der Waals surface area contributed by atoms with E-state index in [-0.39, 0.29) is 17.2 Å². The maximum Gasteiger partial charge on any atom is 0.268 e. The van der Waals surface area contributed by atoms with Gasteiger partial charge in [0.05, 0.1) is 35.9 Å². The number of nitrogens with zero attached hydrogens (tertiary/aromatic N) is 2. The Balaban J connectivity index is 1.51. The summed E-state index contributed by atoms with van der Waals surface area (Å²) in [5, 5.41) is 6.04. The van der Waals surface area contributed by atoms with Gasteiger partial charge in [-0.1, -0.05) is 41.6 Å². The molecular formula is C25H18ClN3O4S2. The molecule has 35 heavy (non-hydrogen) atoms. The highest BCUT2D eigenvalue weighted by Crippen LogP contribution is 2.33. The Bertz CT molecular complexity index is 1560. The topological polar surface area (TPSA) is 86.4 Å². The van der Waals surface area contributed by atoms with Crippen molar-refractivity contribution < 1.29 is 13.9 Å². The molecule has 1 amide bonds. The van der Waals surface area contributed by atoms with Crippen LogP contribution in [0, 0.1) is 0 Å². The average molecular weight is 524 g/mol. The number of amides is 1. The predicted molar refractivity (Wildman–Crippen MR) is 140 cm³/mol. The molecule has 0 bridgehead atoms. The highest BCUT2D eigenvalue weighted by molar-refractivity contribution is 7.99. The highest BCUT2D eigenvalue weighted by Gasteiger charge is 2.20. The summed E-state index contributed by atoms with van der Waals surface area (Å²) in [4.78, 5) is 31.8. The molecule has 176 valence electrons. The van der Waals surface area contributed by atoms with Crippen LogP contribution in [-0.2, 0) is 4.79 Å². The van der Waals surface area contributed by atoms with Crippen molar-refractivity contribution in [2.24, 2.45) is 0 Å². The van der Waals surface area contributed by atoms with Gasteiger partial charge in [0.25, 0.3) is 5.56 Å². The van der Waals surface area contributed by atoms with Gasteiger partial charge in [-0.2, -0.15) is 0 Å². The van der Waals surface area contributed by atoms with E-state index < -0.39 is 0 Å². The largest absolute Gasteiger partial charge is 0.495 e. The molecule has 0 saturated heterocycles. The molecule has 0 aliphatic carbocycles. The first-order valence-corrected chi connectivity index (χ1v) is 12.7. The third-order valence-corrected chi connectivity index (χ3v) is 7.19. The standard InChI is InChI=1S/C25H18ClN3O4S2/c1-32-20-10-9-15(26)12-18(20)27-21(30)14-35-25-28-23-22(17(13-34-23)19-8-5-11-33-19)24(31)29(25)16-6-3-2-4-7-16/h2-13H,14H2,1H3,(H,27,30). The number of halogens is 1. The van der Waals surface area contributed by atoms with Crippen molar-refractivity contribution in [3.63, 3.8) is 0 Å². The van der Waals surface area contributed by atoms with Crippen molar-refractivity contribution in [1.82, 2.24) is 9.55 Å². The van der Waals surface area contributed by atoms with Crippen LogP contribution in [0.3, 0.4) is 0 Å². The summed E-state index contributed by atoms with van der Waals surface area (Å²) in [5.41, 5.74) is 1.59. The number of hydrogen-bond donors (Lipinski definition) is 1. The zero-order valence-electron chi connectivity index (χ0n) is 18.4. The number of para-hydroxylation sites is 1. The van der Waals surface area contributed by atoms with E-state index in [0.717, 1.165) is 0 Å². The first-order valence-electron chi connectivity index (χ1n) is 10.4. The number of anilines is 1. The molecule has 10 heteroatoms. The van der Waals surface area contributed by atoms with Gasteiger partial charge in [-0.25, -0.2) is 4.98 Å². The van der Waals surface area contributed by atoms with Crippen LogP contribution in [0.5, 0.6) is 5.75 Å². The van der Waals surface area contributed by atoms with E-state index in [1.165, 1.54) is 34.8 Å². The predicted octanol–water partition coefficient (Wildman–Crippen LogP) is 6.10. The number of nitrogens with one attached hydrogen (secondary N) is 1. The minimum absolute atomic E-state index is 0.0247. The Morgan fingerprint density at radius 3 is 2.77 bits per heavy atom. The van der Waals surface area contributed by atoms with E-state index in [4.69, 9.17) is 25.7 Å². The Kier molecular flexibility index (Phi) is 6.63. The van der Waals surface area contributed by atoms with Crippen molar-refractivity contribution in [2.45, 2.75) is 5.16 Å². The minimum atomic E-state index is -0.285. The molecule has 0 saturated carbocycles. The van der Waals surface area contributed by atoms with Gasteiger partial charge in [-0.15, -0.1) is 11.3 Å². The highest BCUT2D eigenvalue weighted by atomic mass is 35.5. The monoisotopic (exact) mass is 523 g/mol. The maximum atomic E-state index is 13.7. The Hall–Kier alpha value is -3.53.